The van der Waals surface area contributed by atoms with Gasteiger partial charge in [-0.05, 0) is 48.8 Å². The summed E-state index contributed by atoms with van der Waals surface area (Å²) in [6.07, 6.45) is 6.00. The molecule has 2 amide bonds. The van der Waals surface area contributed by atoms with Gasteiger partial charge in [-0.15, -0.1) is 22.7 Å². The van der Waals surface area contributed by atoms with Gasteiger partial charge in [0.15, 0.2) is 0 Å². The Balaban J connectivity index is 1.41. The summed E-state index contributed by atoms with van der Waals surface area (Å²) in [5.41, 5.74) is 1.44. The predicted octanol–water partition coefficient (Wildman–Crippen LogP) is 3.78. The monoisotopic (exact) mass is 457 g/mol. The molecule has 2 aromatic heterocycles. The van der Waals surface area contributed by atoms with Gasteiger partial charge < -0.3 is 20.1 Å². The van der Waals surface area contributed by atoms with Gasteiger partial charge in [-0.25, -0.2) is 4.79 Å². The first kappa shape index (κ1) is 21.6. The van der Waals surface area contributed by atoms with Crippen molar-refractivity contribution in [2.75, 3.05) is 18.5 Å². The Labute approximate surface area is 188 Å². The number of aliphatic hydroxyl groups excluding tert-OH is 1. The number of hydrogen-bond acceptors (Lipinski definition) is 7. The number of aliphatic hydroxyl groups is 1. The van der Waals surface area contributed by atoms with E-state index < -0.39 is 0 Å². The number of carbonyl (C=O) groups is 2. The van der Waals surface area contributed by atoms with Gasteiger partial charge in [-0.3, -0.25) is 4.79 Å². The molecule has 4 rings (SSSR count). The zero-order valence-corrected chi connectivity index (χ0v) is 18.5. The van der Waals surface area contributed by atoms with E-state index in [1.807, 2.05) is 17.5 Å². The first-order valence-corrected chi connectivity index (χ1v) is 11.9. The summed E-state index contributed by atoms with van der Waals surface area (Å²) in [5.74, 6) is -0.282. The molecule has 3 heterocycles. The van der Waals surface area contributed by atoms with Crippen molar-refractivity contribution in [2.24, 2.45) is 0 Å². The van der Waals surface area contributed by atoms with Crippen molar-refractivity contribution in [3.05, 3.63) is 44.5 Å². The van der Waals surface area contributed by atoms with Crippen LogP contribution in [0.3, 0.4) is 0 Å². The maximum atomic E-state index is 12.5. The number of rotatable bonds is 5. The molecule has 1 fully saturated rings. The molecule has 0 spiro atoms. The van der Waals surface area contributed by atoms with E-state index in [0.29, 0.717) is 36.4 Å². The minimum Gasteiger partial charge on any atom is -0.446 e. The molecule has 2 atom stereocenters. The highest BCUT2D eigenvalue weighted by atomic mass is 32.1. The molecular weight excluding hydrogens is 434 g/mol. The zero-order valence-electron chi connectivity index (χ0n) is 16.9. The van der Waals surface area contributed by atoms with Crippen LogP contribution in [0.4, 0.5) is 9.80 Å². The molecule has 2 aliphatic rings. The summed E-state index contributed by atoms with van der Waals surface area (Å²) in [7, 11) is 0. The van der Waals surface area contributed by atoms with E-state index in [1.165, 1.54) is 17.4 Å². The minimum atomic E-state index is -0.380. The molecule has 0 aromatic carbocycles. The molecule has 162 valence electrons. The van der Waals surface area contributed by atoms with Gasteiger partial charge in [0.1, 0.15) is 17.2 Å². The lowest BCUT2D eigenvalue weighted by Crippen LogP contribution is -2.40. The number of carbonyl (C=O) groups excluding carboxylic acids is 2. The predicted molar refractivity (Wildman–Crippen MR) is 120 cm³/mol. The van der Waals surface area contributed by atoms with Crippen molar-refractivity contribution in [1.29, 1.82) is 5.26 Å². The summed E-state index contributed by atoms with van der Waals surface area (Å²) in [6.45, 7) is 0.555. The average molecular weight is 458 g/mol. The Morgan fingerprint density at radius 2 is 2.29 bits per heavy atom. The molecule has 0 saturated carbocycles. The number of nitrogens with zero attached hydrogens (tertiary/aromatic N) is 2. The molecule has 2 N–H and O–H groups in total. The number of ether oxygens (including phenoxy) is 1. The number of thiophene rings is 2. The molecule has 1 saturated heterocycles. The van der Waals surface area contributed by atoms with E-state index in [2.05, 4.69) is 11.4 Å². The highest BCUT2D eigenvalue weighted by Gasteiger charge is 2.33. The molecular formula is C22H23N3O4S2. The largest absolute Gasteiger partial charge is 0.446 e. The van der Waals surface area contributed by atoms with Crippen LogP contribution >= 0.6 is 22.7 Å². The van der Waals surface area contributed by atoms with Gasteiger partial charge >= 0.3 is 6.09 Å². The second-order valence-electron chi connectivity index (χ2n) is 7.58. The number of nitrogens with one attached hydrogen (secondary N) is 1. The Kier molecular flexibility index (Phi) is 6.70. The number of amides is 2. The Bertz CT molecular complexity index is 1020. The summed E-state index contributed by atoms with van der Waals surface area (Å²) in [4.78, 5) is 28.4. The summed E-state index contributed by atoms with van der Waals surface area (Å²) in [5, 5.41) is 24.4. The molecule has 1 aliphatic heterocycles. The molecule has 31 heavy (non-hydrogen) atoms. The lowest BCUT2D eigenvalue weighted by atomic mass is 9.94. The SMILES string of the molecule is N#Cc1c(NC(=O)/C=C/c2cccs2)sc2c1CCC(OC(=O)N1CCCC1CO)C2. The summed E-state index contributed by atoms with van der Waals surface area (Å²) >= 11 is 2.92. The normalized spacial score (nSPS) is 20.5. The van der Waals surface area contributed by atoms with E-state index in [4.69, 9.17) is 4.74 Å². The van der Waals surface area contributed by atoms with Gasteiger partial charge in [0.05, 0.1) is 18.2 Å². The smallest absolute Gasteiger partial charge is 0.410 e. The van der Waals surface area contributed by atoms with Crippen LogP contribution in [0.25, 0.3) is 6.08 Å². The molecule has 2 unspecified atom stereocenters. The minimum absolute atomic E-state index is 0.0512. The van der Waals surface area contributed by atoms with Gasteiger partial charge in [0, 0.05) is 28.8 Å². The molecule has 0 radical (unpaired) electrons. The van der Waals surface area contributed by atoms with Crippen LogP contribution < -0.4 is 5.32 Å². The summed E-state index contributed by atoms with van der Waals surface area (Å²) < 4.78 is 5.71. The number of nitriles is 1. The van der Waals surface area contributed by atoms with Crippen molar-refractivity contribution in [3.63, 3.8) is 0 Å². The number of anilines is 1. The van der Waals surface area contributed by atoms with Crippen molar-refractivity contribution in [3.8, 4) is 6.07 Å². The van der Waals surface area contributed by atoms with E-state index in [0.717, 1.165) is 28.2 Å². The van der Waals surface area contributed by atoms with Gasteiger partial charge in [-0.1, -0.05) is 6.07 Å². The molecule has 2 aromatic rings. The van der Waals surface area contributed by atoms with Crippen LogP contribution in [-0.4, -0.2) is 47.3 Å². The zero-order chi connectivity index (χ0) is 21.8. The Morgan fingerprint density at radius 1 is 1.42 bits per heavy atom. The second kappa shape index (κ2) is 9.64. The van der Waals surface area contributed by atoms with Gasteiger partial charge in [0.25, 0.3) is 0 Å². The maximum absolute atomic E-state index is 12.5. The third-order valence-corrected chi connectivity index (χ3v) is 7.61. The van der Waals surface area contributed by atoms with Crippen molar-refractivity contribution in [2.45, 2.75) is 44.2 Å². The Hall–Kier alpha value is -2.67. The fourth-order valence-corrected chi connectivity index (χ4v) is 5.92. The Morgan fingerprint density at radius 3 is 3.03 bits per heavy atom. The highest BCUT2D eigenvalue weighted by Crippen LogP contribution is 2.38. The van der Waals surface area contributed by atoms with Crippen molar-refractivity contribution < 1.29 is 19.4 Å². The molecule has 9 heteroatoms. The fraction of sp³-hybridized carbons (Fsp3) is 0.409. The van der Waals surface area contributed by atoms with E-state index in [1.54, 1.807) is 22.3 Å². The third kappa shape index (κ3) is 4.82. The van der Waals surface area contributed by atoms with Crippen LogP contribution in [0.15, 0.2) is 23.6 Å². The summed E-state index contributed by atoms with van der Waals surface area (Å²) in [6, 6.07) is 5.90. The van der Waals surface area contributed by atoms with Crippen molar-refractivity contribution in [1.82, 2.24) is 4.90 Å². The third-order valence-electron chi connectivity index (χ3n) is 5.60. The van der Waals surface area contributed by atoms with Crippen LogP contribution in [0.1, 0.15) is 40.1 Å². The highest BCUT2D eigenvalue weighted by molar-refractivity contribution is 7.16. The molecule has 1 aliphatic carbocycles. The quantitative estimate of drug-likeness (QED) is 0.665. The fourth-order valence-electron chi connectivity index (χ4n) is 4.04. The van der Waals surface area contributed by atoms with E-state index in [-0.39, 0.29) is 30.8 Å². The van der Waals surface area contributed by atoms with E-state index >= 15 is 0 Å². The molecule has 0 bridgehead atoms. The number of fused-ring (bicyclic) bond motifs is 1. The lowest BCUT2D eigenvalue weighted by molar-refractivity contribution is -0.111. The lowest BCUT2D eigenvalue weighted by Gasteiger charge is -2.27. The molecule has 7 nitrogen and oxygen atoms in total. The maximum Gasteiger partial charge on any atom is 0.410 e. The van der Waals surface area contributed by atoms with E-state index in [9.17, 15) is 20.0 Å². The van der Waals surface area contributed by atoms with Crippen LogP contribution in [0.2, 0.25) is 0 Å². The first-order chi connectivity index (χ1) is 15.1. The van der Waals surface area contributed by atoms with Gasteiger partial charge in [-0.2, -0.15) is 5.26 Å². The number of hydrogen-bond donors (Lipinski definition) is 2. The topological polar surface area (TPSA) is 103 Å². The average Bonchev–Trinajstić information content (AvgIpc) is 3.51. The first-order valence-electron chi connectivity index (χ1n) is 10.2. The van der Waals surface area contributed by atoms with Crippen LogP contribution in [0.5, 0.6) is 0 Å². The van der Waals surface area contributed by atoms with Gasteiger partial charge in [0.2, 0.25) is 5.91 Å². The van der Waals surface area contributed by atoms with Crippen LogP contribution in [-0.2, 0) is 22.4 Å². The second-order valence-corrected chi connectivity index (χ2v) is 9.66. The van der Waals surface area contributed by atoms with Crippen LogP contribution in [0, 0.1) is 11.3 Å². The standard InChI is InChI=1S/C22H23N3O4S2/c23-12-18-17-7-5-15(29-22(28)25-9-1-3-14(25)13-26)11-19(17)31-21(18)24-20(27)8-6-16-4-2-10-30-16/h2,4,6,8,10,14-15,26H,1,3,5,7,9,11,13H2,(H,24,27)/b8-6+. The van der Waals surface area contributed by atoms with Crippen molar-refractivity contribution >= 4 is 45.8 Å². The number of likely N-dealkylation sites (tertiary alicyclic amines) is 1.